The molecule has 1 fully saturated rings. The molecule has 3 heteroatoms. The highest BCUT2D eigenvalue weighted by Crippen LogP contribution is 2.37. The van der Waals surface area contributed by atoms with Crippen molar-refractivity contribution < 1.29 is 8.78 Å². The second-order valence-electron chi connectivity index (χ2n) is 7.03. The summed E-state index contributed by atoms with van der Waals surface area (Å²) in [7, 11) is 0. The van der Waals surface area contributed by atoms with Crippen LogP contribution in [0.2, 0.25) is 0 Å². The normalized spacial score (nSPS) is 23.9. The summed E-state index contributed by atoms with van der Waals surface area (Å²) in [5.41, 5.74) is 0.794. The van der Waals surface area contributed by atoms with Gasteiger partial charge in [-0.1, -0.05) is 20.8 Å². The number of nitrogens with one attached hydrogen (secondary N) is 1. The van der Waals surface area contributed by atoms with Gasteiger partial charge >= 0.3 is 0 Å². The summed E-state index contributed by atoms with van der Waals surface area (Å²) in [5.74, 6) is 0.0633. The number of hydrogen-bond acceptors (Lipinski definition) is 1. The van der Waals surface area contributed by atoms with E-state index in [0.717, 1.165) is 24.8 Å². The van der Waals surface area contributed by atoms with E-state index in [1.165, 1.54) is 25.0 Å². The molecule has 112 valence electrons. The zero-order valence-corrected chi connectivity index (χ0v) is 12.7. The lowest BCUT2D eigenvalue weighted by atomic mass is 9.71. The Labute approximate surface area is 120 Å². The van der Waals surface area contributed by atoms with Crippen LogP contribution in [0.5, 0.6) is 0 Å². The maximum absolute atomic E-state index is 13.5. The zero-order chi connectivity index (χ0) is 14.8. The van der Waals surface area contributed by atoms with E-state index in [4.69, 9.17) is 0 Å². The van der Waals surface area contributed by atoms with E-state index in [1.54, 1.807) is 0 Å². The lowest BCUT2D eigenvalue weighted by Gasteiger charge is -2.37. The van der Waals surface area contributed by atoms with E-state index in [0.29, 0.717) is 23.6 Å². The Hall–Kier alpha value is -0.960. The quantitative estimate of drug-likeness (QED) is 0.849. The van der Waals surface area contributed by atoms with E-state index in [9.17, 15) is 8.78 Å². The van der Waals surface area contributed by atoms with Gasteiger partial charge in [0.2, 0.25) is 0 Å². The van der Waals surface area contributed by atoms with Crippen molar-refractivity contribution in [2.45, 2.75) is 59.0 Å². The summed E-state index contributed by atoms with van der Waals surface area (Å²) in [4.78, 5) is 0. The molecule has 0 heterocycles. The number of hydrogen-bond donors (Lipinski definition) is 1. The molecule has 1 nitrogen and oxygen atoms in total. The van der Waals surface area contributed by atoms with E-state index in [1.807, 2.05) is 0 Å². The average Bonchev–Trinajstić information content (AvgIpc) is 2.39. The van der Waals surface area contributed by atoms with Gasteiger partial charge in [0.05, 0.1) is 0 Å². The van der Waals surface area contributed by atoms with Gasteiger partial charge in [-0.3, -0.25) is 0 Å². The fourth-order valence-electron chi connectivity index (χ4n) is 3.10. The highest BCUT2D eigenvalue weighted by atomic mass is 19.1. The van der Waals surface area contributed by atoms with Crippen molar-refractivity contribution in [2.75, 3.05) is 0 Å². The molecular weight excluding hydrogens is 256 g/mol. The first-order valence-corrected chi connectivity index (χ1v) is 7.53. The smallest absolute Gasteiger partial charge is 0.127 e. The van der Waals surface area contributed by atoms with Gasteiger partial charge in [-0.25, -0.2) is 8.78 Å². The third kappa shape index (κ3) is 4.02. The minimum Gasteiger partial charge on any atom is -0.310 e. The van der Waals surface area contributed by atoms with Crippen molar-refractivity contribution >= 4 is 0 Å². The molecule has 0 radical (unpaired) electrons. The van der Waals surface area contributed by atoms with E-state index in [2.05, 4.69) is 26.1 Å². The lowest BCUT2D eigenvalue weighted by molar-refractivity contribution is 0.159. The Kier molecular flexibility index (Phi) is 4.79. The molecular formula is C17H25F2N. The first-order chi connectivity index (χ1) is 9.36. The molecule has 1 aromatic rings. The number of rotatable bonds is 3. The van der Waals surface area contributed by atoms with Crippen molar-refractivity contribution in [3.05, 3.63) is 35.4 Å². The van der Waals surface area contributed by atoms with Gasteiger partial charge in [0.1, 0.15) is 11.6 Å². The third-order valence-corrected chi connectivity index (χ3v) is 4.54. The SMILES string of the molecule is CC(C)(C)C1CCC(NCc2cc(F)ccc2F)CC1. The van der Waals surface area contributed by atoms with Crippen molar-refractivity contribution in [2.24, 2.45) is 11.3 Å². The molecule has 1 N–H and O–H groups in total. The monoisotopic (exact) mass is 281 g/mol. The van der Waals surface area contributed by atoms with Crippen LogP contribution in [-0.2, 0) is 6.54 Å². The lowest BCUT2D eigenvalue weighted by Crippen LogP contribution is -2.36. The van der Waals surface area contributed by atoms with Crippen LogP contribution in [0.3, 0.4) is 0 Å². The van der Waals surface area contributed by atoms with Crippen LogP contribution >= 0.6 is 0 Å². The maximum atomic E-state index is 13.5. The Balaban J connectivity index is 1.83. The van der Waals surface area contributed by atoms with E-state index in [-0.39, 0.29) is 11.6 Å². The Morgan fingerprint density at radius 3 is 2.35 bits per heavy atom. The highest BCUT2D eigenvalue weighted by Gasteiger charge is 2.29. The summed E-state index contributed by atoms with van der Waals surface area (Å²) in [6, 6.07) is 4.07. The molecule has 0 aliphatic heterocycles. The van der Waals surface area contributed by atoms with Gasteiger partial charge in [0.15, 0.2) is 0 Å². The molecule has 1 aliphatic rings. The maximum Gasteiger partial charge on any atom is 0.127 e. The molecule has 1 aromatic carbocycles. The van der Waals surface area contributed by atoms with E-state index >= 15 is 0 Å². The zero-order valence-electron chi connectivity index (χ0n) is 12.7. The fourth-order valence-corrected chi connectivity index (χ4v) is 3.10. The molecule has 0 unspecified atom stereocenters. The standard InChI is InChI=1S/C17H25F2N/c1-17(2,3)13-4-7-15(8-5-13)20-11-12-10-14(18)6-9-16(12)19/h6,9-10,13,15,20H,4-5,7-8,11H2,1-3H3. The molecule has 0 spiro atoms. The van der Waals surface area contributed by atoms with E-state index < -0.39 is 0 Å². The van der Waals surface area contributed by atoms with Gasteiger partial charge in [-0.15, -0.1) is 0 Å². The minimum absolute atomic E-state index is 0.331. The molecule has 0 atom stereocenters. The first-order valence-electron chi connectivity index (χ1n) is 7.53. The van der Waals surface area contributed by atoms with Gasteiger partial charge in [0.25, 0.3) is 0 Å². The molecule has 1 aliphatic carbocycles. The van der Waals surface area contributed by atoms with Crippen molar-refractivity contribution in [1.29, 1.82) is 0 Å². The Bertz CT molecular complexity index is 443. The minimum atomic E-state index is -0.375. The van der Waals surface area contributed by atoms with Crippen LogP contribution in [-0.4, -0.2) is 6.04 Å². The molecule has 1 saturated carbocycles. The Morgan fingerprint density at radius 2 is 1.75 bits per heavy atom. The third-order valence-electron chi connectivity index (χ3n) is 4.54. The van der Waals surface area contributed by atoms with Crippen LogP contribution in [0.15, 0.2) is 18.2 Å². The van der Waals surface area contributed by atoms with Gasteiger partial charge in [-0.2, -0.15) is 0 Å². The summed E-state index contributed by atoms with van der Waals surface area (Å²) in [6.45, 7) is 7.31. The van der Waals surface area contributed by atoms with Crippen molar-refractivity contribution in [3.8, 4) is 0 Å². The largest absolute Gasteiger partial charge is 0.310 e. The summed E-state index contributed by atoms with van der Waals surface area (Å²) in [6.07, 6.45) is 4.68. The van der Waals surface area contributed by atoms with Crippen LogP contribution in [0.1, 0.15) is 52.0 Å². The first kappa shape index (κ1) is 15.4. The molecule has 0 bridgehead atoms. The summed E-state index contributed by atoms with van der Waals surface area (Å²) >= 11 is 0. The van der Waals surface area contributed by atoms with Crippen LogP contribution < -0.4 is 5.32 Å². The second kappa shape index (κ2) is 6.21. The summed E-state index contributed by atoms with van der Waals surface area (Å²) < 4.78 is 26.6. The Morgan fingerprint density at radius 1 is 1.10 bits per heavy atom. The molecule has 0 aromatic heterocycles. The van der Waals surface area contributed by atoms with Crippen molar-refractivity contribution in [1.82, 2.24) is 5.32 Å². The van der Waals surface area contributed by atoms with Crippen LogP contribution in [0.25, 0.3) is 0 Å². The van der Waals surface area contributed by atoms with Gasteiger partial charge in [-0.05, 0) is 55.2 Å². The predicted molar refractivity (Wildman–Crippen MR) is 78.4 cm³/mol. The topological polar surface area (TPSA) is 12.0 Å². The molecule has 0 saturated heterocycles. The molecule has 2 rings (SSSR count). The summed E-state index contributed by atoms with van der Waals surface area (Å²) in [5, 5.41) is 3.37. The average molecular weight is 281 g/mol. The predicted octanol–water partition coefficient (Wildman–Crippen LogP) is 4.66. The fraction of sp³-hybridized carbons (Fsp3) is 0.647. The van der Waals surface area contributed by atoms with Crippen LogP contribution in [0, 0.1) is 23.0 Å². The molecule has 0 amide bonds. The molecule has 20 heavy (non-hydrogen) atoms. The van der Waals surface area contributed by atoms with Crippen molar-refractivity contribution in [3.63, 3.8) is 0 Å². The van der Waals surface area contributed by atoms with Crippen LogP contribution in [0.4, 0.5) is 8.78 Å². The van der Waals surface area contributed by atoms with Gasteiger partial charge in [0, 0.05) is 18.2 Å². The van der Waals surface area contributed by atoms with Gasteiger partial charge < -0.3 is 5.32 Å². The highest BCUT2D eigenvalue weighted by molar-refractivity contribution is 5.18. The number of halogens is 2. The number of benzene rings is 1. The second-order valence-corrected chi connectivity index (χ2v) is 7.03.